The molecule has 7 nitrogen and oxygen atoms in total. The van der Waals surface area contributed by atoms with Gasteiger partial charge in [-0.3, -0.25) is 0 Å². The van der Waals surface area contributed by atoms with Crippen molar-refractivity contribution in [2.45, 2.75) is 32.3 Å². The molecule has 1 aliphatic rings. The molecule has 0 bridgehead atoms. The lowest BCUT2D eigenvalue weighted by Crippen LogP contribution is -2.29. The number of hydrogen-bond donors (Lipinski definition) is 0. The standard InChI is InChI=1S/C13H17N3O4/c1-4-9-10(8(2)16-20-9)11-14-15-12(19-11)13(17-3)5-6-18-7-13/h4-7H2,1-3H3. The number of ether oxygens (including phenoxy) is 2. The van der Waals surface area contributed by atoms with Crippen LogP contribution in [0.4, 0.5) is 0 Å². The fraction of sp³-hybridized carbons (Fsp3) is 0.615. The van der Waals surface area contributed by atoms with Crippen molar-refractivity contribution >= 4 is 0 Å². The Labute approximate surface area is 116 Å². The largest absolute Gasteiger partial charge is 0.417 e. The van der Waals surface area contributed by atoms with Crippen molar-refractivity contribution in [1.82, 2.24) is 15.4 Å². The second-order valence-corrected chi connectivity index (χ2v) is 4.83. The molecule has 0 aromatic carbocycles. The van der Waals surface area contributed by atoms with E-state index in [4.69, 9.17) is 18.4 Å². The summed E-state index contributed by atoms with van der Waals surface area (Å²) in [6.07, 6.45) is 1.42. The first-order valence-electron chi connectivity index (χ1n) is 6.62. The predicted molar refractivity (Wildman–Crippen MR) is 68.0 cm³/mol. The molecule has 7 heteroatoms. The molecule has 3 heterocycles. The van der Waals surface area contributed by atoms with E-state index in [1.165, 1.54) is 0 Å². The second-order valence-electron chi connectivity index (χ2n) is 4.83. The smallest absolute Gasteiger partial charge is 0.253 e. The Hall–Kier alpha value is -1.73. The van der Waals surface area contributed by atoms with Crippen molar-refractivity contribution in [3.8, 4) is 11.5 Å². The van der Waals surface area contributed by atoms with Crippen LogP contribution in [0.2, 0.25) is 0 Å². The van der Waals surface area contributed by atoms with E-state index in [1.807, 2.05) is 13.8 Å². The zero-order valence-corrected chi connectivity index (χ0v) is 11.8. The fourth-order valence-corrected chi connectivity index (χ4v) is 2.40. The topological polar surface area (TPSA) is 83.4 Å². The van der Waals surface area contributed by atoms with Gasteiger partial charge in [0.15, 0.2) is 5.60 Å². The van der Waals surface area contributed by atoms with Crippen molar-refractivity contribution in [2.75, 3.05) is 20.3 Å². The molecule has 0 spiro atoms. The van der Waals surface area contributed by atoms with Gasteiger partial charge in [0.25, 0.3) is 11.8 Å². The summed E-state index contributed by atoms with van der Waals surface area (Å²) in [7, 11) is 1.63. The summed E-state index contributed by atoms with van der Waals surface area (Å²) in [6, 6.07) is 0. The van der Waals surface area contributed by atoms with E-state index in [1.54, 1.807) is 7.11 Å². The highest BCUT2D eigenvalue weighted by atomic mass is 16.6. The van der Waals surface area contributed by atoms with Crippen LogP contribution in [0.1, 0.15) is 30.7 Å². The fourth-order valence-electron chi connectivity index (χ4n) is 2.40. The summed E-state index contributed by atoms with van der Waals surface area (Å²) in [4.78, 5) is 0. The van der Waals surface area contributed by atoms with Gasteiger partial charge in [0.1, 0.15) is 11.3 Å². The highest BCUT2D eigenvalue weighted by molar-refractivity contribution is 5.58. The lowest BCUT2D eigenvalue weighted by Gasteiger charge is -2.20. The van der Waals surface area contributed by atoms with Gasteiger partial charge in [-0.15, -0.1) is 10.2 Å². The van der Waals surface area contributed by atoms with Crippen LogP contribution in [-0.4, -0.2) is 35.7 Å². The number of hydrogen-bond acceptors (Lipinski definition) is 7. The van der Waals surface area contributed by atoms with E-state index in [-0.39, 0.29) is 0 Å². The molecule has 0 aliphatic carbocycles. The zero-order valence-electron chi connectivity index (χ0n) is 11.8. The molecule has 1 unspecified atom stereocenters. The van der Waals surface area contributed by atoms with Gasteiger partial charge in [0.2, 0.25) is 0 Å². The molecule has 0 amide bonds. The van der Waals surface area contributed by atoms with Gasteiger partial charge in [-0.1, -0.05) is 12.1 Å². The average molecular weight is 279 g/mol. The number of aromatic nitrogens is 3. The molecule has 0 saturated carbocycles. The molecule has 108 valence electrons. The minimum atomic E-state index is -0.636. The van der Waals surface area contributed by atoms with Gasteiger partial charge in [-0.05, 0) is 6.92 Å². The van der Waals surface area contributed by atoms with Crippen LogP contribution in [-0.2, 0) is 21.5 Å². The molecule has 1 atom stereocenters. The minimum absolute atomic E-state index is 0.416. The molecule has 20 heavy (non-hydrogen) atoms. The minimum Gasteiger partial charge on any atom is -0.417 e. The Morgan fingerprint density at radius 2 is 2.20 bits per heavy atom. The maximum Gasteiger partial charge on any atom is 0.253 e. The molecule has 0 N–H and O–H groups in total. The molecule has 1 aliphatic heterocycles. The first-order chi connectivity index (χ1) is 9.70. The van der Waals surface area contributed by atoms with Gasteiger partial charge >= 0.3 is 0 Å². The van der Waals surface area contributed by atoms with Crippen LogP contribution in [0.5, 0.6) is 0 Å². The molecular weight excluding hydrogens is 262 g/mol. The van der Waals surface area contributed by atoms with Crippen LogP contribution in [0.15, 0.2) is 8.94 Å². The molecule has 2 aromatic rings. The third-order valence-electron chi connectivity index (χ3n) is 3.66. The maximum absolute atomic E-state index is 5.80. The summed E-state index contributed by atoms with van der Waals surface area (Å²) in [5.41, 5.74) is 0.880. The molecular formula is C13H17N3O4. The molecule has 1 fully saturated rings. The van der Waals surface area contributed by atoms with Gasteiger partial charge in [0.05, 0.1) is 18.9 Å². The first kappa shape index (κ1) is 13.3. The Kier molecular flexibility index (Phi) is 3.31. The highest BCUT2D eigenvalue weighted by Gasteiger charge is 2.42. The van der Waals surface area contributed by atoms with Crippen molar-refractivity contribution < 1.29 is 18.4 Å². The van der Waals surface area contributed by atoms with E-state index in [9.17, 15) is 0 Å². The van der Waals surface area contributed by atoms with Crippen molar-refractivity contribution in [3.05, 3.63) is 17.3 Å². The molecule has 0 radical (unpaired) electrons. The Morgan fingerprint density at radius 3 is 2.85 bits per heavy atom. The normalized spacial score (nSPS) is 22.6. The van der Waals surface area contributed by atoms with Crippen molar-refractivity contribution in [2.24, 2.45) is 0 Å². The number of methoxy groups -OCH3 is 1. The monoisotopic (exact) mass is 279 g/mol. The van der Waals surface area contributed by atoms with Crippen LogP contribution in [0.25, 0.3) is 11.5 Å². The average Bonchev–Trinajstić information content (AvgIpc) is 3.17. The second kappa shape index (κ2) is 4.99. The summed E-state index contributed by atoms with van der Waals surface area (Å²) in [5.74, 6) is 1.60. The first-order valence-corrected chi connectivity index (χ1v) is 6.62. The Morgan fingerprint density at radius 1 is 1.35 bits per heavy atom. The Bertz CT molecular complexity index is 599. The van der Waals surface area contributed by atoms with E-state index in [0.717, 1.165) is 17.0 Å². The summed E-state index contributed by atoms with van der Waals surface area (Å²) in [5, 5.41) is 12.2. The SMILES string of the molecule is CCc1onc(C)c1-c1nnc(C2(OC)CCOC2)o1. The summed E-state index contributed by atoms with van der Waals surface area (Å²) >= 11 is 0. The van der Waals surface area contributed by atoms with Gasteiger partial charge in [-0.2, -0.15) is 0 Å². The van der Waals surface area contributed by atoms with Crippen LogP contribution < -0.4 is 0 Å². The van der Waals surface area contributed by atoms with E-state index >= 15 is 0 Å². The van der Waals surface area contributed by atoms with E-state index in [2.05, 4.69) is 15.4 Å². The third kappa shape index (κ3) is 1.94. The Balaban J connectivity index is 2.00. The van der Waals surface area contributed by atoms with Gasteiger partial charge in [-0.25, -0.2) is 0 Å². The third-order valence-corrected chi connectivity index (χ3v) is 3.66. The van der Waals surface area contributed by atoms with Crippen molar-refractivity contribution in [3.63, 3.8) is 0 Å². The lowest BCUT2D eigenvalue weighted by atomic mass is 10.0. The van der Waals surface area contributed by atoms with Crippen LogP contribution in [0, 0.1) is 6.92 Å². The number of nitrogens with zero attached hydrogens (tertiary/aromatic N) is 3. The van der Waals surface area contributed by atoms with Crippen molar-refractivity contribution in [1.29, 1.82) is 0 Å². The molecule has 2 aromatic heterocycles. The van der Waals surface area contributed by atoms with E-state index < -0.39 is 5.60 Å². The molecule has 3 rings (SSSR count). The van der Waals surface area contributed by atoms with E-state index in [0.29, 0.717) is 37.8 Å². The number of rotatable bonds is 4. The zero-order chi connectivity index (χ0) is 14.2. The summed E-state index contributed by atoms with van der Waals surface area (Å²) in [6.45, 7) is 4.89. The lowest BCUT2D eigenvalue weighted by molar-refractivity contribution is -0.0407. The molecule has 1 saturated heterocycles. The van der Waals surface area contributed by atoms with Gasteiger partial charge < -0.3 is 18.4 Å². The predicted octanol–water partition coefficient (Wildman–Crippen LogP) is 1.86. The van der Waals surface area contributed by atoms with Crippen LogP contribution in [0.3, 0.4) is 0 Å². The summed E-state index contributed by atoms with van der Waals surface area (Å²) < 4.78 is 22.0. The maximum atomic E-state index is 5.80. The highest BCUT2D eigenvalue weighted by Crippen LogP contribution is 2.35. The van der Waals surface area contributed by atoms with Crippen LogP contribution >= 0.6 is 0 Å². The number of aryl methyl sites for hydroxylation is 2. The van der Waals surface area contributed by atoms with Gasteiger partial charge in [0, 0.05) is 20.0 Å². The quantitative estimate of drug-likeness (QED) is 0.844.